The normalized spacial score (nSPS) is 11.9. The maximum absolute atomic E-state index is 14.2. The molecule has 5 nitrogen and oxygen atoms in total. The average molecular weight is 351 g/mol. The number of nitrogens with zero attached hydrogens (tertiary/aromatic N) is 3. The van der Waals surface area contributed by atoms with Crippen LogP contribution in [0.4, 0.5) is 10.2 Å². The predicted molar refractivity (Wildman–Crippen MR) is 98.0 cm³/mol. The van der Waals surface area contributed by atoms with Crippen molar-refractivity contribution in [3.8, 4) is 11.1 Å². The van der Waals surface area contributed by atoms with E-state index in [0.717, 1.165) is 36.0 Å². The van der Waals surface area contributed by atoms with Crippen molar-refractivity contribution >= 4 is 13.9 Å². The lowest BCUT2D eigenvalue weighted by molar-refractivity contribution is 0.0764. The third-order valence-corrected chi connectivity index (χ3v) is 5.62. The van der Waals surface area contributed by atoms with Crippen molar-refractivity contribution in [3.05, 3.63) is 29.5 Å². The summed E-state index contributed by atoms with van der Waals surface area (Å²) < 4.78 is 21.8. The molecule has 0 aliphatic rings. The fraction of sp³-hybridized carbons (Fsp3) is 0.529. The summed E-state index contributed by atoms with van der Waals surface area (Å²) in [6.07, 6.45) is 0.734. The second kappa shape index (κ2) is 7.44. The Kier molecular flexibility index (Phi) is 5.77. The zero-order valence-corrected chi connectivity index (χ0v) is 16.2. The number of anilines is 1. The van der Waals surface area contributed by atoms with Crippen LogP contribution in [0.1, 0.15) is 18.3 Å². The van der Waals surface area contributed by atoms with Crippen LogP contribution in [0.3, 0.4) is 0 Å². The van der Waals surface area contributed by atoms with Gasteiger partial charge in [-0.25, -0.2) is 9.67 Å². The minimum atomic E-state index is -1.11. The molecule has 2 aromatic heterocycles. The lowest BCUT2D eigenvalue weighted by Crippen LogP contribution is -2.22. The topological polar surface area (TPSA) is 66.0 Å². The van der Waals surface area contributed by atoms with Crippen molar-refractivity contribution in [2.45, 2.75) is 52.7 Å². The van der Waals surface area contributed by atoms with Crippen LogP contribution in [-0.2, 0) is 17.9 Å². The first-order valence-corrected chi connectivity index (χ1v) is 12.0. The Morgan fingerprint density at radius 3 is 2.58 bits per heavy atom. The van der Waals surface area contributed by atoms with Crippen molar-refractivity contribution in [3.63, 3.8) is 0 Å². The maximum Gasteiger partial charge on any atom is 0.222 e. The van der Waals surface area contributed by atoms with Crippen LogP contribution in [-0.4, -0.2) is 29.4 Å². The molecule has 0 unspecified atom stereocenters. The van der Waals surface area contributed by atoms with Crippen LogP contribution in [0.2, 0.25) is 25.7 Å². The first-order chi connectivity index (χ1) is 11.2. The molecule has 2 N–H and O–H groups in total. The summed E-state index contributed by atoms with van der Waals surface area (Å²) in [5.74, 6) is -0.388. The minimum Gasteiger partial charge on any atom is -0.384 e. The first kappa shape index (κ1) is 18.6. The van der Waals surface area contributed by atoms with Crippen LogP contribution in [0.15, 0.2) is 12.1 Å². The van der Waals surface area contributed by atoms with E-state index in [9.17, 15) is 4.39 Å². The maximum atomic E-state index is 14.2. The van der Waals surface area contributed by atoms with E-state index < -0.39 is 14.0 Å². The Bertz CT molecular complexity index is 709. The van der Waals surface area contributed by atoms with Gasteiger partial charge in [-0.1, -0.05) is 26.6 Å². The Morgan fingerprint density at radius 2 is 2.00 bits per heavy atom. The Balaban J connectivity index is 2.23. The minimum absolute atomic E-state index is 0.175. The smallest absolute Gasteiger partial charge is 0.222 e. The van der Waals surface area contributed by atoms with Gasteiger partial charge in [-0.3, -0.25) is 0 Å². The summed E-state index contributed by atoms with van der Waals surface area (Å²) in [6, 6.07) is 4.38. The lowest BCUT2D eigenvalue weighted by Gasteiger charge is -2.16. The van der Waals surface area contributed by atoms with Crippen molar-refractivity contribution in [2.75, 3.05) is 12.3 Å². The molecule has 2 rings (SSSR count). The van der Waals surface area contributed by atoms with Gasteiger partial charge in [0.2, 0.25) is 5.95 Å². The van der Waals surface area contributed by atoms with Crippen LogP contribution in [0.25, 0.3) is 11.1 Å². The molecule has 0 spiro atoms. The van der Waals surface area contributed by atoms with Crippen LogP contribution < -0.4 is 5.73 Å². The molecule has 132 valence electrons. The average Bonchev–Trinajstić information content (AvgIpc) is 2.78. The fourth-order valence-electron chi connectivity index (χ4n) is 2.61. The van der Waals surface area contributed by atoms with E-state index in [4.69, 9.17) is 10.5 Å². The van der Waals surface area contributed by atoms with E-state index in [1.54, 1.807) is 12.1 Å². The van der Waals surface area contributed by atoms with E-state index in [0.29, 0.717) is 12.3 Å². The molecule has 0 atom stereocenters. The highest BCUT2D eigenvalue weighted by Gasteiger charge is 2.19. The number of rotatable bonds is 7. The highest BCUT2D eigenvalue weighted by atomic mass is 28.3. The zero-order valence-electron chi connectivity index (χ0n) is 15.2. The van der Waals surface area contributed by atoms with Gasteiger partial charge in [0.05, 0.1) is 5.69 Å². The summed E-state index contributed by atoms with van der Waals surface area (Å²) >= 11 is 0. The van der Waals surface area contributed by atoms with Crippen molar-refractivity contribution < 1.29 is 9.13 Å². The van der Waals surface area contributed by atoms with Crippen molar-refractivity contribution in [1.29, 1.82) is 0 Å². The Morgan fingerprint density at radius 1 is 1.29 bits per heavy atom. The van der Waals surface area contributed by atoms with Gasteiger partial charge in [0.25, 0.3) is 0 Å². The molecular weight excluding hydrogens is 323 g/mol. The molecule has 0 saturated carbocycles. The quantitative estimate of drug-likeness (QED) is 0.468. The summed E-state index contributed by atoms with van der Waals surface area (Å²) in [6.45, 7) is 12.0. The Labute approximate surface area is 144 Å². The molecular formula is C17H27FN4OSi. The molecule has 0 radical (unpaired) electrons. The second-order valence-electron chi connectivity index (χ2n) is 7.18. The molecule has 24 heavy (non-hydrogen) atoms. The van der Waals surface area contributed by atoms with E-state index in [-0.39, 0.29) is 5.82 Å². The molecule has 0 saturated heterocycles. The SMILES string of the molecule is CCc1c(-c2ccc(N)nc2F)c(C)nn1COCC[Si](C)(C)C. The highest BCUT2D eigenvalue weighted by molar-refractivity contribution is 6.76. The van der Waals surface area contributed by atoms with Gasteiger partial charge in [-0.05, 0) is 31.5 Å². The predicted octanol–water partition coefficient (Wildman–Crippen LogP) is 3.85. The molecule has 2 aromatic rings. The van der Waals surface area contributed by atoms with Crippen LogP contribution >= 0.6 is 0 Å². The number of nitrogens with two attached hydrogens (primary N) is 1. The number of aromatic nitrogens is 3. The monoisotopic (exact) mass is 350 g/mol. The van der Waals surface area contributed by atoms with E-state index in [1.165, 1.54) is 0 Å². The molecule has 7 heteroatoms. The third-order valence-electron chi connectivity index (χ3n) is 3.92. The number of halogens is 1. The standard InChI is InChI=1S/C17H27FN4OSi/c1-6-14-16(13-7-8-15(19)20-17(13)18)12(2)21-22(14)11-23-9-10-24(3,4)5/h7-8H,6,9-11H2,1-5H3,(H2,19,20). The summed E-state index contributed by atoms with van der Waals surface area (Å²) in [7, 11) is -1.11. The zero-order chi connectivity index (χ0) is 17.9. The van der Waals surface area contributed by atoms with E-state index in [1.807, 2.05) is 18.5 Å². The number of hydrogen-bond acceptors (Lipinski definition) is 4. The summed E-state index contributed by atoms with van der Waals surface area (Å²) in [5.41, 5.74) is 8.49. The van der Waals surface area contributed by atoms with Gasteiger partial charge >= 0.3 is 0 Å². The number of pyridine rings is 1. The lowest BCUT2D eigenvalue weighted by atomic mass is 10.0. The molecule has 0 bridgehead atoms. The van der Waals surface area contributed by atoms with Gasteiger partial charge in [-0.15, -0.1) is 0 Å². The van der Waals surface area contributed by atoms with Gasteiger partial charge in [0.1, 0.15) is 12.5 Å². The highest BCUT2D eigenvalue weighted by Crippen LogP contribution is 2.30. The van der Waals surface area contributed by atoms with Gasteiger partial charge < -0.3 is 10.5 Å². The summed E-state index contributed by atoms with van der Waals surface area (Å²) in [4.78, 5) is 3.73. The second-order valence-corrected chi connectivity index (χ2v) is 12.8. The molecule has 0 amide bonds. The number of hydrogen-bond donors (Lipinski definition) is 1. The van der Waals surface area contributed by atoms with Crippen LogP contribution in [0, 0.1) is 12.9 Å². The fourth-order valence-corrected chi connectivity index (χ4v) is 3.37. The number of nitrogen functional groups attached to an aromatic ring is 1. The Hall–Kier alpha value is -1.73. The van der Waals surface area contributed by atoms with Gasteiger partial charge in [0.15, 0.2) is 0 Å². The number of ether oxygens (including phenoxy) is 1. The van der Waals surface area contributed by atoms with Crippen molar-refractivity contribution in [1.82, 2.24) is 14.8 Å². The first-order valence-electron chi connectivity index (χ1n) is 8.29. The number of aryl methyl sites for hydroxylation is 1. The van der Waals surface area contributed by atoms with Gasteiger partial charge in [-0.2, -0.15) is 9.49 Å². The van der Waals surface area contributed by atoms with E-state index >= 15 is 0 Å². The molecule has 0 fully saturated rings. The van der Waals surface area contributed by atoms with E-state index in [2.05, 4.69) is 29.7 Å². The van der Waals surface area contributed by atoms with Crippen LogP contribution in [0.5, 0.6) is 0 Å². The summed E-state index contributed by atoms with van der Waals surface area (Å²) in [5, 5.41) is 4.53. The largest absolute Gasteiger partial charge is 0.384 e. The van der Waals surface area contributed by atoms with Gasteiger partial charge in [0, 0.05) is 31.5 Å². The third kappa shape index (κ3) is 4.42. The molecule has 0 aromatic carbocycles. The molecule has 0 aliphatic carbocycles. The molecule has 2 heterocycles. The van der Waals surface area contributed by atoms with Crippen molar-refractivity contribution in [2.24, 2.45) is 0 Å². The molecule has 0 aliphatic heterocycles.